The van der Waals surface area contributed by atoms with Gasteiger partial charge in [-0.1, -0.05) is 0 Å². The van der Waals surface area contributed by atoms with Crippen molar-refractivity contribution in [3.8, 4) is 22.8 Å². The van der Waals surface area contributed by atoms with Crippen LogP contribution in [-0.2, 0) is 4.79 Å². The molecule has 2 aliphatic rings. The minimum atomic E-state index is -0.111. The zero-order valence-electron chi connectivity index (χ0n) is 15.5. The summed E-state index contributed by atoms with van der Waals surface area (Å²) in [6, 6.07) is 7.84. The van der Waals surface area contributed by atoms with Crippen LogP contribution < -0.4 is 20.1 Å². The molecule has 0 saturated carbocycles. The van der Waals surface area contributed by atoms with Gasteiger partial charge in [0.25, 0.3) is 0 Å². The van der Waals surface area contributed by atoms with E-state index in [4.69, 9.17) is 14.5 Å². The monoisotopic (exact) mass is 379 g/mol. The summed E-state index contributed by atoms with van der Waals surface area (Å²) in [7, 11) is 0. The Hall–Kier alpha value is -3.29. The zero-order valence-corrected chi connectivity index (χ0v) is 15.5. The second-order valence-corrected chi connectivity index (χ2v) is 7.18. The summed E-state index contributed by atoms with van der Waals surface area (Å²) in [6.07, 6.45) is 2.03. The number of imidazole rings is 1. The number of rotatable bonds is 4. The van der Waals surface area contributed by atoms with Gasteiger partial charge in [-0.3, -0.25) is 4.79 Å². The van der Waals surface area contributed by atoms with E-state index in [9.17, 15) is 4.79 Å². The molecule has 8 heteroatoms. The highest BCUT2D eigenvalue weighted by atomic mass is 16.5. The van der Waals surface area contributed by atoms with Crippen LogP contribution in [0.4, 0.5) is 5.82 Å². The van der Waals surface area contributed by atoms with Crippen molar-refractivity contribution >= 4 is 22.8 Å². The summed E-state index contributed by atoms with van der Waals surface area (Å²) < 4.78 is 11.9. The molecule has 0 bridgehead atoms. The number of H-pyrrole nitrogens is 1. The lowest BCUT2D eigenvalue weighted by atomic mass is 10.0. The van der Waals surface area contributed by atoms with E-state index in [0.717, 1.165) is 40.4 Å². The van der Waals surface area contributed by atoms with Crippen LogP contribution in [0.15, 0.2) is 30.6 Å². The molecule has 1 aromatic carbocycles. The first-order valence-corrected chi connectivity index (χ1v) is 9.46. The highest BCUT2D eigenvalue weighted by molar-refractivity contribution is 5.87. The molecule has 28 heavy (non-hydrogen) atoms. The summed E-state index contributed by atoms with van der Waals surface area (Å²) in [5, 5.41) is 6.13. The highest BCUT2D eigenvalue weighted by Crippen LogP contribution is 2.34. The summed E-state index contributed by atoms with van der Waals surface area (Å²) in [6.45, 7) is 4.02. The first-order chi connectivity index (χ1) is 13.7. The van der Waals surface area contributed by atoms with Crippen LogP contribution in [0.5, 0.6) is 11.5 Å². The predicted octanol–water partition coefficient (Wildman–Crippen LogP) is 2.33. The number of ether oxygens (including phenoxy) is 2. The third-order valence-corrected chi connectivity index (χ3v) is 5.28. The molecule has 8 nitrogen and oxygen atoms in total. The lowest BCUT2D eigenvalue weighted by molar-refractivity contribution is -0.119. The second-order valence-electron chi connectivity index (χ2n) is 7.18. The average molecular weight is 379 g/mol. The Balaban J connectivity index is 1.50. The number of benzene rings is 1. The maximum absolute atomic E-state index is 11.5. The number of amides is 1. The van der Waals surface area contributed by atoms with E-state index in [2.05, 4.69) is 20.6 Å². The molecule has 3 N–H and O–H groups in total. The molecule has 144 valence electrons. The molecule has 0 aliphatic carbocycles. The standard InChI is InChI=1S/C20H21N5O3/c1-11(13-8-18(26)22-9-13)28-17-7-12(6-15-19(17)24-10-23-15)14-2-3-16-20(25-14)21-4-5-27-16/h2-3,6-7,10-11,13H,4-5,8-9H2,1H3,(H,21,25)(H,22,26)(H,23,24)/t11-,13-/m1/s1. The number of nitrogens with one attached hydrogen (secondary N) is 3. The van der Waals surface area contributed by atoms with Crippen molar-refractivity contribution in [1.82, 2.24) is 20.3 Å². The summed E-state index contributed by atoms with van der Waals surface area (Å²) in [4.78, 5) is 23.8. The van der Waals surface area contributed by atoms with Crippen LogP contribution in [-0.4, -0.2) is 46.7 Å². The number of nitrogens with zero attached hydrogens (tertiary/aromatic N) is 2. The minimum Gasteiger partial charge on any atom is -0.488 e. The third kappa shape index (κ3) is 3.00. The van der Waals surface area contributed by atoms with Gasteiger partial charge in [0.15, 0.2) is 11.6 Å². The Kier molecular flexibility index (Phi) is 4.03. The van der Waals surface area contributed by atoms with E-state index in [1.54, 1.807) is 6.33 Å². The molecule has 5 rings (SSSR count). The van der Waals surface area contributed by atoms with Gasteiger partial charge in [-0.2, -0.15) is 0 Å². The first-order valence-electron chi connectivity index (χ1n) is 9.46. The van der Waals surface area contributed by atoms with Crippen molar-refractivity contribution in [2.75, 3.05) is 25.0 Å². The number of hydrogen-bond donors (Lipinski definition) is 3. The van der Waals surface area contributed by atoms with Gasteiger partial charge in [-0.25, -0.2) is 9.97 Å². The van der Waals surface area contributed by atoms with E-state index in [1.165, 1.54) is 0 Å². The Morgan fingerprint density at radius 2 is 2.21 bits per heavy atom. The Morgan fingerprint density at radius 1 is 1.29 bits per heavy atom. The van der Waals surface area contributed by atoms with E-state index >= 15 is 0 Å². The number of aromatic nitrogens is 3. The van der Waals surface area contributed by atoms with Crippen molar-refractivity contribution in [3.05, 3.63) is 30.6 Å². The van der Waals surface area contributed by atoms with Gasteiger partial charge in [0.05, 0.1) is 24.1 Å². The van der Waals surface area contributed by atoms with Gasteiger partial charge in [0.1, 0.15) is 24.0 Å². The lowest BCUT2D eigenvalue weighted by Crippen LogP contribution is -2.25. The number of carbonyl (C=O) groups is 1. The molecule has 2 atom stereocenters. The normalized spacial score (nSPS) is 19.5. The summed E-state index contributed by atoms with van der Waals surface area (Å²) >= 11 is 0. The van der Waals surface area contributed by atoms with Crippen LogP contribution in [0.25, 0.3) is 22.3 Å². The highest BCUT2D eigenvalue weighted by Gasteiger charge is 2.28. The average Bonchev–Trinajstić information content (AvgIpc) is 3.36. The van der Waals surface area contributed by atoms with Gasteiger partial charge >= 0.3 is 0 Å². The molecule has 1 amide bonds. The molecule has 0 unspecified atom stereocenters. The molecule has 0 radical (unpaired) electrons. The zero-order chi connectivity index (χ0) is 19.1. The maximum atomic E-state index is 11.5. The Bertz CT molecular complexity index is 1050. The fourth-order valence-electron chi connectivity index (χ4n) is 3.69. The van der Waals surface area contributed by atoms with Crippen molar-refractivity contribution in [2.24, 2.45) is 5.92 Å². The number of anilines is 1. The topological polar surface area (TPSA) is 101 Å². The molecular formula is C20H21N5O3. The maximum Gasteiger partial charge on any atom is 0.220 e. The van der Waals surface area contributed by atoms with E-state index < -0.39 is 0 Å². The number of hydrogen-bond acceptors (Lipinski definition) is 6. The molecule has 3 aromatic rings. The van der Waals surface area contributed by atoms with Crippen molar-refractivity contribution in [1.29, 1.82) is 0 Å². The second kappa shape index (κ2) is 6.70. The van der Waals surface area contributed by atoms with E-state index in [-0.39, 0.29) is 17.9 Å². The molecular weight excluding hydrogens is 358 g/mol. The van der Waals surface area contributed by atoms with E-state index in [1.807, 2.05) is 31.2 Å². The molecule has 0 spiro atoms. The third-order valence-electron chi connectivity index (χ3n) is 5.28. The van der Waals surface area contributed by atoms with Gasteiger partial charge in [-0.15, -0.1) is 0 Å². The number of pyridine rings is 1. The molecule has 2 aliphatic heterocycles. The summed E-state index contributed by atoms with van der Waals surface area (Å²) in [5.41, 5.74) is 3.40. The Morgan fingerprint density at radius 3 is 3.07 bits per heavy atom. The van der Waals surface area contributed by atoms with Crippen LogP contribution in [0.2, 0.25) is 0 Å². The smallest absolute Gasteiger partial charge is 0.220 e. The SMILES string of the molecule is C[C@@H](Oc1cc(-c2ccc3c(n2)NCCO3)cc2[nH]cnc12)[C@H]1CNC(=O)C1. The van der Waals surface area contributed by atoms with Gasteiger partial charge in [0, 0.05) is 24.4 Å². The summed E-state index contributed by atoms with van der Waals surface area (Å²) in [5.74, 6) is 2.42. The lowest BCUT2D eigenvalue weighted by Gasteiger charge is -2.21. The van der Waals surface area contributed by atoms with E-state index in [0.29, 0.717) is 25.3 Å². The first kappa shape index (κ1) is 16.9. The predicted molar refractivity (Wildman–Crippen MR) is 105 cm³/mol. The van der Waals surface area contributed by atoms with Crippen LogP contribution >= 0.6 is 0 Å². The fraction of sp³-hybridized carbons (Fsp3) is 0.350. The number of aromatic amines is 1. The molecule has 1 saturated heterocycles. The van der Waals surface area contributed by atoms with Gasteiger partial charge in [0.2, 0.25) is 5.91 Å². The largest absolute Gasteiger partial charge is 0.488 e. The minimum absolute atomic E-state index is 0.0760. The Labute approximate surface area is 161 Å². The molecule has 4 heterocycles. The molecule has 2 aromatic heterocycles. The van der Waals surface area contributed by atoms with Gasteiger partial charge < -0.3 is 25.1 Å². The quantitative estimate of drug-likeness (QED) is 0.643. The van der Waals surface area contributed by atoms with Crippen LogP contribution in [0, 0.1) is 5.92 Å². The fourth-order valence-corrected chi connectivity index (χ4v) is 3.69. The van der Waals surface area contributed by atoms with Gasteiger partial charge in [-0.05, 0) is 31.2 Å². The van der Waals surface area contributed by atoms with Crippen molar-refractivity contribution < 1.29 is 14.3 Å². The van der Waals surface area contributed by atoms with Crippen molar-refractivity contribution in [2.45, 2.75) is 19.4 Å². The molecule has 1 fully saturated rings. The van der Waals surface area contributed by atoms with Crippen LogP contribution in [0.1, 0.15) is 13.3 Å². The van der Waals surface area contributed by atoms with Crippen molar-refractivity contribution in [3.63, 3.8) is 0 Å². The van der Waals surface area contributed by atoms with Crippen LogP contribution in [0.3, 0.4) is 0 Å². The number of fused-ring (bicyclic) bond motifs is 2. The number of carbonyl (C=O) groups excluding carboxylic acids is 1.